The first-order valence-corrected chi connectivity index (χ1v) is 8.29. The zero-order valence-corrected chi connectivity index (χ0v) is 13.7. The number of hydrogen-bond acceptors (Lipinski definition) is 4. The van der Waals surface area contributed by atoms with E-state index in [1.165, 1.54) is 56.8 Å². The third kappa shape index (κ3) is 12.8. The molecule has 0 unspecified atom stereocenters. The minimum atomic E-state index is -2.06. The summed E-state index contributed by atoms with van der Waals surface area (Å²) in [4.78, 5) is 11.9. The predicted molar refractivity (Wildman–Crippen MR) is 83.9 cm³/mol. The van der Waals surface area contributed by atoms with Gasteiger partial charge in [0.15, 0.2) is 0 Å². The van der Waals surface area contributed by atoms with Crippen LogP contribution in [-0.4, -0.2) is 45.2 Å². The summed E-state index contributed by atoms with van der Waals surface area (Å²) in [5.74, 6) is -3.10. The van der Waals surface area contributed by atoms with Crippen molar-refractivity contribution in [2.45, 2.75) is 84.0 Å². The summed E-state index contributed by atoms with van der Waals surface area (Å²) in [6, 6.07) is 0. The largest absolute Gasteiger partial charge is 0.480 e. The molecule has 0 saturated heterocycles. The number of aliphatic hydroxyl groups is 2. The van der Waals surface area contributed by atoms with E-state index in [0.717, 1.165) is 19.3 Å². The monoisotopic (exact) mass is 303 g/mol. The van der Waals surface area contributed by atoms with Crippen LogP contribution in [0.2, 0.25) is 0 Å². The molecule has 21 heavy (non-hydrogen) atoms. The van der Waals surface area contributed by atoms with E-state index in [2.05, 4.69) is 6.92 Å². The van der Waals surface area contributed by atoms with Gasteiger partial charge >= 0.3 is 5.97 Å². The fourth-order valence-electron chi connectivity index (χ4n) is 2.39. The highest BCUT2D eigenvalue weighted by Crippen LogP contribution is 2.13. The Balaban J connectivity index is 3.56. The second kappa shape index (κ2) is 12.0. The summed E-state index contributed by atoms with van der Waals surface area (Å²) in [7, 11) is 0. The Morgan fingerprint density at radius 1 is 0.905 bits per heavy atom. The van der Waals surface area contributed by atoms with Crippen molar-refractivity contribution in [1.29, 1.82) is 0 Å². The fourth-order valence-corrected chi connectivity index (χ4v) is 2.39. The minimum absolute atomic E-state index is 0.346. The van der Waals surface area contributed by atoms with Crippen LogP contribution in [0.1, 0.15) is 78.1 Å². The molecular formula is C16H33NO4. The standard InChI is InChI=1S/C16H33NO4/c1-3-4-5-6-7-8-9-10-11-12-13-17(14-15(18)19)16(2,20)21/h20-21H,3-14H2,1-2H3,(H,18,19). The molecule has 3 N–H and O–H groups in total. The summed E-state index contributed by atoms with van der Waals surface area (Å²) in [5, 5.41) is 27.7. The molecule has 0 aromatic carbocycles. The molecule has 0 aliphatic rings. The normalized spacial score (nSPS) is 12.0. The molecule has 0 bridgehead atoms. The van der Waals surface area contributed by atoms with Gasteiger partial charge in [-0.2, -0.15) is 0 Å². The molecule has 0 atom stereocenters. The van der Waals surface area contributed by atoms with Crippen LogP contribution in [0.5, 0.6) is 0 Å². The maximum absolute atomic E-state index is 10.7. The first-order chi connectivity index (χ1) is 9.88. The van der Waals surface area contributed by atoms with Gasteiger partial charge in [0, 0.05) is 13.5 Å². The van der Waals surface area contributed by atoms with Gasteiger partial charge in [-0.15, -0.1) is 0 Å². The predicted octanol–water partition coefficient (Wildman–Crippen LogP) is 2.95. The Bertz CT molecular complexity index is 263. The molecule has 5 nitrogen and oxygen atoms in total. The molecule has 0 amide bonds. The molecule has 0 saturated carbocycles. The van der Waals surface area contributed by atoms with E-state index in [9.17, 15) is 15.0 Å². The quantitative estimate of drug-likeness (QED) is 0.339. The third-order valence-electron chi connectivity index (χ3n) is 3.71. The minimum Gasteiger partial charge on any atom is -0.480 e. The van der Waals surface area contributed by atoms with Crippen molar-refractivity contribution in [1.82, 2.24) is 4.90 Å². The van der Waals surface area contributed by atoms with Crippen LogP contribution in [0.4, 0.5) is 0 Å². The van der Waals surface area contributed by atoms with Crippen molar-refractivity contribution >= 4 is 5.97 Å². The average Bonchev–Trinajstić information content (AvgIpc) is 2.38. The highest BCUT2D eigenvalue weighted by Gasteiger charge is 2.27. The molecule has 5 heteroatoms. The Morgan fingerprint density at radius 3 is 1.71 bits per heavy atom. The zero-order chi connectivity index (χ0) is 16.1. The first-order valence-electron chi connectivity index (χ1n) is 8.29. The SMILES string of the molecule is CCCCCCCCCCCCN(CC(=O)O)C(C)(O)O. The van der Waals surface area contributed by atoms with E-state index in [1.54, 1.807) is 0 Å². The zero-order valence-electron chi connectivity index (χ0n) is 13.7. The van der Waals surface area contributed by atoms with Gasteiger partial charge < -0.3 is 15.3 Å². The molecule has 0 aromatic rings. The highest BCUT2D eigenvalue weighted by atomic mass is 16.5. The van der Waals surface area contributed by atoms with Crippen LogP contribution < -0.4 is 0 Å². The number of carboxylic acids is 1. The maximum Gasteiger partial charge on any atom is 0.317 e. The van der Waals surface area contributed by atoms with E-state index in [1.807, 2.05) is 0 Å². The van der Waals surface area contributed by atoms with E-state index < -0.39 is 11.9 Å². The third-order valence-corrected chi connectivity index (χ3v) is 3.71. The maximum atomic E-state index is 10.7. The number of unbranched alkanes of at least 4 members (excludes halogenated alkanes) is 9. The van der Waals surface area contributed by atoms with Gasteiger partial charge in [-0.1, -0.05) is 64.7 Å². The topological polar surface area (TPSA) is 81.0 Å². The molecule has 0 rings (SSSR count). The Labute approximate surface area is 129 Å². The molecular weight excluding hydrogens is 270 g/mol. The number of carbonyl (C=O) groups is 1. The van der Waals surface area contributed by atoms with E-state index in [-0.39, 0.29) is 6.54 Å². The highest BCUT2D eigenvalue weighted by molar-refractivity contribution is 5.69. The average molecular weight is 303 g/mol. The second-order valence-electron chi connectivity index (χ2n) is 5.97. The van der Waals surface area contributed by atoms with Crippen LogP contribution in [0.3, 0.4) is 0 Å². The van der Waals surface area contributed by atoms with E-state index in [0.29, 0.717) is 6.54 Å². The molecule has 0 heterocycles. The Hall–Kier alpha value is -0.650. The Morgan fingerprint density at radius 2 is 1.33 bits per heavy atom. The van der Waals surface area contributed by atoms with Gasteiger partial charge in [0.05, 0.1) is 0 Å². The van der Waals surface area contributed by atoms with Crippen LogP contribution >= 0.6 is 0 Å². The molecule has 0 spiro atoms. The number of carboxylic acid groups (broad SMARTS) is 1. The van der Waals surface area contributed by atoms with E-state index >= 15 is 0 Å². The number of aliphatic carboxylic acids is 1. The van der Waals surface area contributed by atoms with Crippen molar-refractivity contribution in [2.24, 2.45) is 0 Å². The lowest BCUT2D eigenvalue weighted by Gasteiger charge is -2.30. The van der Waals surface area contributed by atoms with Crippen LogP contribution in [-0.2, 0) is 4.79 Å². The van der Waals surface area contributed by atoms with Crippen LogP contribution in [0, 0.1) is 0 Å². The Kier molecular flexibility index (Phi) is 11.6. The van der Waals surface area contributed by atoms with Crippen molar-refractivity contribution in [3.05, 3.63) is 0 Å². The van der Waals surface area contributed by atoms with Crippen molar-refractivity contribution < 1.29 is 20.1 Å². The molecule has 0 aromatic heterocycles. The summed E-state index contributed by atoms with van der Waals surface area (Å²) < 4.78 is 0. The molecule has 0 aliphatic heterocycles. The van der Waals surface area contributed by atoms with E-state index in [4.69, 9.17) is 5.11 Å². The molecule has 0 fully saturated rings. The van der Waals surface area contributed by atoms with Gasteiger partial charge in [-0.05, 0) is 6.42 Å². The summed E-state index contributed by atoms with van der Waals surface area (Å²) >= 11 is 0. The summed E-state index contributed by atoms with van der Waals surface area (Å²) in [6.07, 6.45) is 12.0. The molecule has 126 valence electrons. The van der Waals surface area contributed by atoms with Gasteiger partial charge in [-0.3, -0.25) is 4.79 Å². The number of nitrogens with zero attached hydrogens (tertiary/aromatic N) is 1. The first kappa shape index (κ1) is 20.3. The van der Waals surface area contributed by atoms with Crippen molar-refractivity contribution in [3.8, 4) is 0 Å². The lowest BCUT2D eigenvalue weighted by Crippen LogP contribution is -2.49. The lowest BCUT2D eigenvalue weighted by molar-refractivity contribution is -0.251. The lowest BCUT2D eigenvalue weighted by atomic mass is 10.1. The van der Waals surface area contributed by atoms with Crippen LogP contribution in [0.25, 0.3) is 0 Å². The molecule has 0 aliphatic carbocycles. The van der Waals surface area contributed by atoms with Gasteiger partial charge in [0.2, 0.25) is 5.91 Å². The number of rotatable bonds is 14. The fraction of sp³-hybridized carbons (Fsp3) is 0.938. The number of hydrogen-bond donors (Lipinski definition) is 3. The van der Waals surface area contributed by atoms with Gasteiger partial charge in [-0.25, -0.2) is 4.90 Å². The van der Waals surface area contributed by atoms with Crippen molar-refractivity contribution in [2.75, 3.05) is 13.1 Å². The van der Waals surface area contributed by atoms with Gasteiger partial charge in [0.25, 0.3) is 0 Å². The van der Waals surface area contributed by atoms with Crippen molar-refractivity contribution in [3.63, 3.8) is 0 Å². The smallest absolute Gasteiger partial charge is 0.317 e. The summed E-state index contributed by atoms with van der Waals surface area (Å²) in [5.41, 5.74) is 0. The summed E-state index contributed by atoms with van der Waals surface area (Å²) in [6.45, 7) is 3.47. The van der Waals surface area contributed by atoms with Gasteiger partial charge in [0.1, 0.15) is 6.54 Å². The van der Waals surface area contributed by atoms with Crippen LogP contribution in [0.15, 0.2) is 0 Å². The molecule has 0 radical (unpaired) electrons. The second-order valence-corrected chi connectivity index (χ2v) is 5.97.